The molecule has 0 radical (unpaired) electrons. The molecule has 2 rings (SSSR count). The largest absolute Gasteiger partial charge is 0.378 e. The van der Waals surface area contributed by atoms with Gasteiger partial charge in [0.05, 0.1) is 6.10 Å². The van der Waals surface area contributed by atoms with Crippen molar-refractivity contribution in [2.45, 2.75) is 59.2 Å². The maximum Gasteiger partial charge on any atom is 0.268 e. The Balaban J connectivity index is 2.03. The molecular formula is C16H25BrN2O2. The minimum Gasteiger partial charge on any atom is -0.378 e. The third kappa shape index (κ3) is 3.34. The molecule has 0 spiro atoms. The highest BCUT2D eigenvalue weighted by Crippen LogP contribution is 2.42. The van der Waals surface area contributed by atoms with E-state index in [2.05, 4.69) is 42.0 Å². The van der Waals surface area contributed by atoms with E-state index in [4.69, 9.17) is 4.74 Å². The molecule has 5 heteroatoms. The lowest BCUT2D eigenvalue weighted by molar-refractivity contribution is -0.111. The van der Waals surface area contributed by atoms with Crippen molar-refractivity contribution in [2.75, 3.05) is 6.61 Å². The predicted octanol–water partition coefficient (Wildman–Crippen LogP) is 3.59. The van der Waals surface area contributed by atoms with Gasteiger partial charge in [0, 0.05) is 35.3 Å². The molecule has 1 amide bonds. The van der Waals surface area contributed by atoms with Crippen LogP contribution in [0.2, 0.25) is 0 Å². The summed E-state index contributed by atoms with van der Waals surface area (Å²) in [5.74, 6) is 0.00201. The molecule has 1 fully saturated rings. The van der Waals surface area contributed by atoms with Crippen molar-refractivity contribution in [2.24, 2.45) is 5.41 Å². The number of nitrogens with zero attached hydrogens (tertiary/aromatic N) is 1. The summed E-state index contributed by atoms with van der Waals surface area (Å²) in [4.78, 5) is 12.5. The summed E-state index contributed by atoms with van der Waals surface area (Å²) in [6.45, 7) is 10.0. The topological polar surface area (TPSA) is 43.3 Å². The molecular weight excluding hydrogens is 332 g/mol. The van der Waals surface area contributed by atoms with Gasteiger partial charge >= 0.3 is 0 Å². The Morgan fingerprint density at radius 3 is 2.81 bits per heavy atom. The summed E-state index contributed by atoms with van der Waals surface area (Å²) in [7, 11) is 0. The third-order valence-corrected chi connectivity index (χ3v) is 4.84. The fourth-order valence-electron chi connectivity index (χ4n) is 2.94. The van der Waals surface area contributed by atoms with Crippen LogP contribution in [0.4, 0.5) is 0 Å². The maximum atomic E-state index is 12.5. The van der Waals surface area contributed by atoms with E-state index in [9.17, 15) is 4.79 Å². The molecule has 2 atom stereocenters. The lowest BCUT2D eigenvalue weighted by Gasteiger charge is -2.51. The number of hydrogen-bond acceptors (Lipinski definition) is 2. The molecule has 118 valence electrons. The van der Waals surface area contributed by atoms with Crippen LogP contribution in [0.1, 0.15) is 51.0 Å². The zero-order chi connectivity index (χ0) is 15.6. The normalized spacial score (nSPS) is 23.7. The quantitative estimate of drug-likeness (QED) is 0.846. The number of amides is 1. The van der Waals surface area contributed by atoms with Crippen molar-refractivity contribution in [1.29, 1.82) is 0 Å². The summed E-state index contributed by atoms with van der Waals surface area (Å²) in [6.07, 6.45) is 4.10. The Morgan fingerprint density at radius 1 is 1.52 bits per heavy atom. The molecule has 1 N–H and O–H groups in total. The lowest BCUT2D eigenvalue weighted by atomic mass is 9.64. The van der Waals surface area contributed by atoms with Crippen LogP contribution in [0.15, 0.2) is 16.7 Å². The van der Waals surface area contributed by atoms with E-state index in [1.165, 1.54) is 0 Å². The van der Waals surface area contributed by atoms with Crippen LogP contribution in [0.3, 0.4) is 0 Å². The summed E-state index contributed by atoms with van der Waals surface area (Å²) < 4.78 is 8.66. The van der Waals surface area contributed by atoms with Gasteiger partial charge in [-0.25, -0.2) is 0 Å². The average Bonchev–Trinajstić information content (AvgIpc) is 2.79. The van der Waals surface area contributed by atoms with Crippen LogP contribution in [-0.2, 0) is 11.3 Å². The van der Waals surface area contributed by atoms with Crippen LogP contribution < -0.4 is 5.32 Å². The average molecular weight is 357 g/mol. The van der Waals surface area contributed by atoms with E-state index in [1.807, 2.05) is 23.8 Å². The molecule has 0 aromatic carbocycles. The lowest BCUT2D eigenvalue weighted by Crippen LogP contribution is -2.62. The van der Waals surface area contributed by atoms with Crippen LogP contribution >= 0.6 is 15.9 Å². The first-order valence-corrected chi connectivity index (χ1v) is 8.47. The highest BCUT2D eigenvalue weighted by molar-refractivity contribution is 9.10. The summed E-state index contributed by atoms with van der Waals surface area (Å²) >= 11 is 3.45. The molecule has 1 aromatic rings. The minimum absolute atomic E-state index is 0.00201. The standard InChI is InChI=1S/C16H25BrN2O2/c1-5-7-19-10-11(17)8-12(19)15(20)18-13-9-14(21-6-2)16(13,3)4/h8,10,13-14H,5-7,9H2,1-4H3,(H,18,20). The number of rotatable bonds is 6. The van der Waals surface area contributed by atoms with Gasteiger partial charge in [0.1, 0.15) is 5.69 Å². The smallest absolute Gasteiger partial charge is 0.268 e. The number of aromatic nitrogens is 1. The van der Waals surface area contributed by atoms with Gasteiger partial charge in [0.15, 0.2) is 0 Å². The number of ether oxygens (including phenoxy) is 1. The van der Waals surface area contributed by atoms with Crippen molar-refractivity contribution in [1.82, 2.24) is 9.88 Å². The van der Waals surface area contributed by atoms with Gasteiger partial charge in [-0.3, -0.25) is 4.79 Å². The number of halogens is 1. The molecule has 4 nitrogen and oxygen atoms in total. The Bertz CT molecular complexity index is 510. The number of aryl methyl sites for hydroxylation is 1. The second kappa shape index (κ2) is 6.53. The Kier molecular flexibility index (Phi) is 5.15. The molecule has 1 heterocycles. The Hall–Kier alpha value is -0.810. The molecule has 1 aliphatic rings. The second-order valence-electron chi connectivity index (χ2n) is 6.26. The first-order valence-electron chi connectivity index (χ1n) is 7.68. The number of nitrogens with one attached hydrogen (secondary N) is 1. The monoisotopic (exact) mass is 356 g/mol. The number of carbonyl (C=O) groups excluding carboxylic acids is 1. The van der Waals surface area contributed by atoms with Crippen molar-refractivity contribution in [3.63, 3.8) is 0 Å². The van der Waals surface area contributed by atoms with Gasteiger partial charge in [-0.15, -0.1) is 0 Å². The minimum atomic E-state index is -0.00885. The molecule has 21 heavy (non-hydrogen) atoms. The summed E-state index contributed by atoms with van der Waals surface area (Å²) in [6, 6.07) is 2.06. The van der Waals surface area contributed by atoms with Gasteiger partial charge in [-0.2, -0.15) is 0 Å². The second-order valence-corrected chi connectivity index (χ2v) is 7.18. The van der Waals surface area contributed by atoms with Gasteiger partial charge in [0.2, 0.25) is 0 Å². The molecule has 1 aromatic heterocycles. The van der Waals surface area contributed by atoms with Crippen molar-refractivity contribution in [3.05, 3.63) is 22.4 Å². The first kappa shape index (κ1) is 16.6. The van der Waals surface area contributed by atoms with E-state index in [1.54, 1.807) is 0 Å². The molecule has 0 bridgehead atoms. The van der Waals surface area contributed by atoms with Crippen LogP contribution in [0.25, 0.3) is 0 Å². The summed E-state index contributed by atoms with van der Waals surface area (Å²) in [5, 5.41) is 3.16. The zero-order valence-electron chi connectivity index (χ0n) is 13.3. The van der Waals surface area contributed by atoms with E-state index in [0.29, 0.717) is 0 Å². The number of hydrogen-bond donors (Lipinski definition) is 1. The third-order valence-electron chi connectivity index (χ3n) is 4.41. The molecule has 0 aliphatic heterocycles. The fourth-order valence-corrected chi connectivity index (χ4v) is 3.40. The fraction of sp³-hybridized carbons (Fsp3) is 0.688. The highest BCUT2D eigenvalue weighted by Gasteiger charge is 2.49. The van der Waals surface area contributed by atoms with Crippen LogP contribution in [-0.4, -0.2) is 29.2 Å². The van der Waals surface area contributed by atoms with Gasteiger partial charge < -0.3 is 14.6 Å². The molecule has 2 unspecified atom stereocenters. The van der Waals surface area contributed by atoms with Crippen molar-refractivity contribution >= 4 is 21.8 Å². The zero-order valence-corrected chi connectivity index (χ0v) is 14.9. The Morgan fingerprint density at radius 2 is 2.24 bits per heavy atom. The Labute approximate surface area is 135 Å². The van der Waals surface area contributed by atoms with Gasteiger partial charge in [-0.05, 0) is 41.8 Å². The molecule has 1 saturated carbocycles. The summed E-state index contributed by atoms with van der Waals surface area (Å²) in [5.41, 5.74) is 0.713. The van der Waals surface area contributed by atoms with Crippen molar-refractivity contribution < 1.29 is 9.53 Å². The van der Waals surface area contributed by atoms with Gasteiger partial charge in [0.25, 0.3) is 5.91 Å². The van der Waals surface area contributed by atoms with E-state index < -0.39 is 0 Å². The van der Waals surface area contributed by atoms with Gasteiger partial charge in [-0.1, -0.05) is 20.8 Å². The number of carbonyl (C=O) groups is 1. The van der Waals surface area contributed by atoms with E-state index >= 15 is 0 Å². The van der Waals surface area contributed by atoms with Crippen LogP contribution in [0, 0.1) is 5.41 Å². The SMILES string of the molecule is CCCn1cc(Br)cc1C(=O)NC1CC(OCC)C1(C)C. The van der Waals surface area contributed by atoms with Crippen LogP contribution in [0.5, 0.6) is 0 Å². The van der Waals surface area contributed by atoms with Crippen molar-refractivity contribution in [3.8, 4) is 0 Å². The predicted molar refractivity (Wildman–Crippen MR) is 87.5 cm³/mol. The highest BCUT2D eigenvalue weighted by atomic mass is 79.9. The molecule has 1 aliphatic carbocycles. The van der Waals surface area contributed by atoms with E-state index in [0.717, 1.165) is 36.2 Å². The molecule has 0 saturated heterocycles. The van der Waals surface area contributed by atoms with E-state index in [-0.39, 0.29) is 23.5 Å². The maximum absolute atomic E-state index is 12.5. The first-order chi connectivity index (χ1) is 9.90.